The first-order chi connectivity index (χ1) is 14.9. The van der Waals surface area contributed by atoms with Crippen LogP contribution in [-0.2, 0) is 4.79 Å². The number of nitrogens with zero attached hydrogens (tertiary/aromatic N) is 4. The largest absolute Gasteiger partial charge is 0.497 e. The molecule has 11 heteroatoms. The third kappa shape index (κ3) is 3.70. The summed E-state index contributed by atoms with van der Waals surface area (Å²) in [6.07, 6.45) is 0. The van der Waals surface area contributed by atoms with E-state index in [-0.39, 0.29) is 11.3 Å². The van der Waals surface area contributed by atoms with Gasteiger partial charge in [-0.05, 0) is 31.2 Å². The van der Waals surface area contributed by atoms with E-state index in [4.69, 9.17) is 10.5 Å². The number of para-hydroxylation sites is 1. The number of carbonyl (C=O) groups is 2. The molecule has 0 spiro atoms. The highest BCUT2D eigenvalue weighted by Gasteiger charge is 2.22. The molecule has 0 bridgehead atoms. The van der Waals surface area contributed by atoms with Gasteiger partial charge in [0.1, 0.15) is 5.75 Å². The first kappa shape index (κ1) is 20.4. The maximum absolute atomic E-state index is 13.3. The van der Waals surface area contributed by atoms with Gasteiger partial charge in [-0.25, -0.2) is 9.36 Å². The summed E-state index contributed by atoms with van der Waals surface area (Å²) in [5.41, 5.74) is 5.92. The lowest BCUT2D eigenvalue weighted by Crippen LogP contribution is -2.39. The minimum absolute atomic E-state index is 0.264. The lowest BCUT2D eigenvalue weighted by atomic mass is 10.2. The normalized spacial score (nSPS) is 12.1. The molecule has 0 aliphatic carbocycles. The number of ether oxygens (including phenoxy) is 1. The molecule has 0 radical (unpaired) electrons. The molecule has 10 nitrogen and oxygen atoms in total. The molecule has 0 saturated heterocycles. The maximum Gasteiger partial charge on any atom is 0.318 e. The van der Waals surface area contributed by atoms with Gasteiger partial charge in [0.2, 0.25) is 11.7 Å². The van der Waals surface area contributed by atoms with Crippen LogP contribution in [0.5, 0.6) is 5.75 Å². The Labute approximate surface area is 180 Å². The second kappa shape index (κ2) is 8.11. The smallest absolute Gasteiger partial charge is 0.318 e. The van der Waals surface area contributed by atoms with Gasteiger partial charge in [-0.15, -0.1) is 10.2 Å². The molecule has 4 rings (SSSR count). The number of aromatic nitrogens is 4. The summed E-state index contributed by atoms with van der Waals surface area (Å²) in [4.78, 5) is 36.4. The van der Waals surface area contributed by atoms with Crippen LogP contribution in [0.15, 0.2) is 58.5 Å². The van der Waals surface area contributed by atoms with Crippen molar-refractivity contribution in [2.75, 3.05) is 7.11 Å². The summed E-state index contributed by atoms with van der Waals surface area (Å²) < 4.78 is 8.43. The molecular formula is C20H18N6O4S. The van der Waals surface area contributed by atoms with E-state index in [2.05, 4.69) is 15.5 Å². The zero-order valence-corrected chi connectivity index (χ0v) is 17.4. The molecule has 0 aliphatic rings. The predicted octanol–water partition coefficient (Wildman–Crippen LogP) is 1.72. The lowest BCUT2D eigenvalue weighted by molar-refractivity contribution is -0.119. The number of urea groups is 1. The molecule has 3 amide bonds. The van der Waals surface area contributed by atoms with E-state index in [9.17, 15) is 14.4 Å². The summed E-state index contributed by atoms with van der Waals surface area (Å²) in [6.45, 7) is 1.62. The molecule has 1 atom stereocenters. The van der Waals surface area contributed by atoms with Crippen molar-refractivity contribution < 1.29 is 14.3 Å². The molecule has 31 heavy (non-hydrogen) atoms. The van der Waals surface area contributed by atoms with Crippen molar-refractivity contribution in [2.45, 2.75) is 17.3 Å². The van der Waals surface area contributed by atoms with Crippen molar-refractivity contribution in [3.63, 3.8) is 0 Å². The zero-order chi connectivity index (χ0) is 22.1. The summed E-state index contributed by atoms with van der Waals surface area (Å²) in [5, 5.41) is 10.6. The van der Waals surface area contributed by atoms with Gasteiger partial charge < -0.3 is 10.5 Å². The van der Waals surface area contributed by atoms with Crippen LogP contribution in [0.25, 0.3) is 22.4 Å². The Balaban J connectivity index is 1.94. The number of nitrogens with two attached hydrogens (primary N) is 1. The van der Waals surface area contributed by atoms with Gasteiger partial charge in [-0.2, -0.15) is 0 Å². The van der Waals surface area contributed by atoms with Crippen molar-refractivity contribution in [3.8, 4) is 11.4 Å². The van der Waals surface area contributed by atoms with Crippen LogP contribution in [0, 0.1) is 0 Å². The van der Waals surface area contributed by atoms with Crippen LogP contribution in [0.1, 0.15) is 6.92 Å². The molecule has 2 aromatic heterocycles. The standard InChI is InChI=1S/C20H18N6O4S/c1-11(16(27)22-18(21)29)31-20-24-23-19-25(12-6-5-7-13(10-12)30-2)17(28)14-8-3-4-9-15(14)26(19)20/h3-11H,1-2H3,(H3,21,22,27,29). The Hall–Kier alpha value is -3.86. The SMILES string of the molecule is COc1cccc(-n2c(=O)c3ccccc3n3c(SC(C)C(=O)NC(N)=O)nnc23)c1. The summed E-state index contributed by atoms with van der Waals surface area (Å²) in [7, 11) is 1.54. The number of fused-ring (bicyclic) bond motifs is 3. The third-order valence-electron chi connectivity index (χ3n) is 4.60. The van der Waals surface area contributed by atoms with Crippen molar-refractivity contribution >= 4 is 40.4 Å². The number of thioether (sulfide) groups is 1. The van der Waals surface area contributed by atoms with E-state index >= 15 is 0 Å². The Bertz CT molecular complexity index is 1380. The number of benzene rings is 2. The Morgan fingerprint density at radius 2 is 1.94 bits per heavy atom. The maximum atomic E-state index is 13.3. The van der Waals surface area contributed by atoms with Crippen molar-refractivity contribution in [3.05, 3.63) is 58.9 Å². The fourth-order valence-corrected chi connectivity index (χ4v) is 4.03. The van der Waals surface area contributed by atoms with Crippen molar-refractivity contribution in [1.29, 1.82) is 0 Å². The Morgan fingerprint density at radius 3 is 2.68 bits per heavy atom. The second-order valence-electron chi connectivity index (χ2n) is 6.59. The predicted molar refractivity (Wildman–Crippen MR) is 116 cm³/mol. The van der Waals surface area contributed by atoms with Gasteiger partial charge in [0.05, 0.1) is 29.0 Å². The van der Waals surface area contributed by atoms with Gasteiger partial charge in [-0.3, -0.25) is 19.3 Å². The summed E-state index contributed by atoms with van der Waals surface area (Å²) >= 11 is 1.09. The van der Waals surface area contributed by atoms with Crippen molar-refractivity contribution in [1.82, 2.24) is 24.5 Å². The number of rotatable bonds is 5. The molecule has 2 heterocycles. The monoisotopic (exact) mass is 438 g/mol. The number of primary amides is 1. The summed E-state index contributed by atoms with van der Waals surface area (Å²) in [6, 6.07) is 13.2. The number of hydrogen-bond acceptors (Lipinski definition) is 7. The topological polar surface area (TPSA) is 134 Å². The molecule has 0 fully saturated rings. The van der Waals surface area contributed by atoms with Gasteiger partial charge in [0, 0.05) is 6.07 Å². The molecule has 0 aliphatic heterocycles. The van der Waals surface area contributed by atoms with Crippen LogP contribution in [0.4, 0.5) is 4.79 Å². The first-order valence-electron chi connectivity index (χ1n) is 9.21. The highest BCUT2D eigenvalue weighted by molar-refractivity contribution is 8.00. The molecule has 0 saturated carbocycles. The molecular weight excluding hydrogens is 420 g/mol. The Morgan fingerprint density at radius 1 is 1.16 bits per heavy atom. The fraction of sp³-hybridized carbons (Fsp3) is 0.150. The van der Waals surface area contributed by atoms with Crippen molar-refractivity contribution in [2.24, 2.45) is 5.73 Å². The van der Waals surface area contributed by atoms with E-state index in [1.165, 1.54) is 4.57 Å². The minimum Gasteiger partial charge on any atom is -0.497 e. The number of methoxy groups -OCH3 is 1. The van der Waals surface area contributed by atoms with Crippen LogP contribution >= 0.6 is 11.8 Å². The van der Waals surface area contributed by atoms with Gasteiger partial charge in [0.25, 0.3) is 5.56 Å². The highest BCUT2D eigenvalue weighted by Crippen LogP contribution is 2.26. The minimum atomic E-state index is -0.930. The van der Waals surface area contributed by atoms with E-state index in [0.717, 1.165) is 11.8 Å². The molecule has 1 unspecified atom stereocenters. The van der Waals surface area contributed by atoms with Crippen LogP contribution in [-0.4, -0.2) is 43.5 Å². The van der Waals surface area contributed by atoms with Gasteiger partial charge in [0.15, 0.2) is 5.16 Å². The molecule has 2 aromatic carbocycles. The Kier molecular flexibility index (Phi) is 5.34. The number of hydrogen-bond donors (Lipinski definition) is 2. The number of imide groups is 1. The average Bonchev–Trinajstić information content (AvgIpc) is 3.17. The highest BCUT2D eigenvalue weighted by atomic mass is 32.2. The van der Waals surface area contributed by atoms with E-state index in [1.807, 2.05) is 0 Å². The average molecular weight is 438 g/mol. The number of carbonyl (C=O) groups excluding carboxylic acids is 2. The van der Waals surface area contributed by atoms with Crippen LogP contribution in [0.3, 0.4) is 0 Å². The fourth-order valence-electron chi connectivity index (χ4n) is 3.17. The number of amides is 3. The van der Waals surface area contributed by atoms with E-state index in [1.54, 1.807) is 67.0 Å². The molecule has 4 aromatic rings. The third-order valence-corrected chi connectivity index (χ3v) is 5.65. The first-order valence-corrected chi connectivity index (χ1v) is 10.1. The van der Waals surface area contributed by atoms with E-state index in [0.29, 0.717) is 27.5 Å². The summed E-state index contributed by atoms with van der Waals surface area (Å²) in [5.74, 6) is 0.309. The van der Waals surface area contributed by atoms with E-state index < -0.39 is 17.2 Å². The van der Waals surface area contributed by atoms with Gasteiger partial charge >= 0.3 is 6.03 Å². The molecule has 3 N–H and O–H groups in total. The van der Waals surface area contributed by atoms with Crippen LogP contribution in [0.2, 0.25) is 0 Å². The second-order valence-corrected chi connectivity index (χ2v) is 7.90. The van der Waals surface area contributed by atoms with Crippen LogP contribution < -0.4 is 21.3 Å². The quantitative estimate of drug-likeness (QED) is 0.453. The zero-order valence-electron chi connectivity index (χ0n) is 16.6. The van der Waals surface area contributed by atoms with Gasteiger partial charge in [-0.1, -0.05) is 30.0 Å². The molecule has 158 valence electrons. The number of nitrogens with one attached hydrogen (secondary N) is 1. The lowest BCUT2D eigenvalue weighted by Gasteiger charge is -2.13.